The van der Waals surface area contributed by atoms with E-state index in [2.05, 4.69) is 5.32 Å². The smallest absolute Gasteiger partial charge is 0.264 e. The Balaban J connectivity index is 1.58. The minimum Gasteiger partial charge on any atom is -0.497 e. The topological polar surface area (TPSA) is 84.9 Å². The van der Waals surface area contributed by atoms with Gasteiger partial charge in [0.15, 0.2) is 6.10 Å². The summed E-state index contributed by atoms with van der Waals surface area (Å²) in [6.45, 7) is 1.73. The molecule has 1 amide bonds. The molecule has 0 fully saturated rings. The van der Waals surface area contributed by atoms with Crippen molar-refractivity contribution in [3.63, 3.8) is 0 Å². The molecule has 0 bridgehead atoms. The molecule has 8 heteroatoms. The number of benzene rings is 3. The van der Waals surface area contributed by atoms with Crippen LogP contribution in [0.1, 0.15) is 18.5 Å². The van der Waals surface area contributed by atoms with E-state index in [9.17, 15) is 13.2 Å². The molecular weight excluding hydrogens is 428 g/mol. The zero-order valence-corrected chi connectivity index (χ0v) is 18.6. The van der Waals surface area contributed by atoms with Crippen LogP contribution in [0.15, 0.2) is 83.8 Å². The van der Waals surface area contributed by atoms with Crippen molar-refractivity contribution in [2.45, 2.75) is 24.0 Å². The van der Waals surface area contributed by atoms with Crippen LogP contribution in [0, 0.1) is 0 Å². The maximum absolute atomic E-state index is 13.3. The summed E-state index contributed by atoms with van der Waals surface area (Å²) >= 11 is 0. The fourth-order valence-electron chi connectivity index (χ4n) is 3.57. The zero-order valence-electron chi connectivity index (χ0n) is 17.8. The molecule has 2 atom stereocenters. The molecular formula is C24H24N2O5S. The lowest BCUT2D eigenvalue weighted by atomic mass is 10.1. The number of carbonyl (C=O) groups is 1. The highest BCUT2D eigenvalue weighted by Gasteiger charge is 2.37. The molecule has 4 rings (SSSR count). The number of hydrogen-bond donors (Lipinski definition) is 1. The van der Waals surface area contributed by atoms with Gasteiger partial charge in [0.25, 0.3) is 15.9 Å². The first-order valence-corrected chi connectivity index (χ1v) is 11.6. The van der Waals surface area contributed by atoms with Crippen LogP contribution in [0.2, 0.25) is 0 Å². The number of amides is 1. The predicted octanol–water partition coefficient (Wildman–Crippen LogP) is 3.53. The van der Waals surface area contributed by atoms with Crippen LogP contribution in [0.4, 0.5) is 5.69 Å². The fraction of sp³-hybridized carbons (Fsp3) is 0.208. The number of nitrogens with one attached hydrogen (secondary N) is 1. The summed E-state index contributed by atoms with van der Waals surface area (Å²) in [7, 11) is -2.28. The van der Waals surface area contributed by atoms with Crippen LogP contribution in [0.25, 0.3) is 0 Å². The Morgan fingerprint density at radius 2 is 1.69 bits per heavy atom. The number of sulfonamides is 1. The van der Waals surface area contributed by atoms with Gasteiger partial charge in [-0.2, -0.15) is 0 Å². The lowest BCUT2D eigenvalue weighted by Gasteiger charge is -2.35. The van der Waals surface area contributed by atoms with Crippen LogP contribution in [-0.4, -0.2) is 34.1 Å². The first kappa shape index (κ1) is 21.7. The molecule has 0 spiro atoms. The molecule has 166 valence electrons. The molecule has 0 saturated heterocycles. The molecule has 0 saturated carbocycles. The Morgan fingerprint density at radius 3 is 2.38 bits per heavy atom. The SMILES string of the molecule is COc1ccc(C(C)NC(=O)C2CN(S(=O)(=O)c3ccccc3)c3ccccc3O2)cc1. The second-order valence-electron chi connectivity index (χ2n) is 7.43. The van der Waals surface area contributed by atoms with Gasteiger partial charge in [0.05, 0.1) is 30.3 Å². The van der Waals surface area contributed by atoms with E-state index in [1.807, 2.05) is 31.2 Å². The van der Waals surface area contributed by atoms with Crippen molar-refractivity contribution in [3.8, 4) is 11.5 Å². The van der Waals surface area contributed by atoms with E-state index in [0.29, 0.717) is 11.4 Å². The molecule has 1 heterocycles. The maximum Gasteiger partial charge on any atom is 0.264 e. The average molecular weight is 453 g/mol. The van der Waals surface area contributed by atoms with Crippen LogP contribution < -0.4 is 19.1 Å². The third-order valence-electron chi connectivity index (χ3n) is 5.33. The third-order valence-corrected chi connectivity index (χ3v) is 7.13. The van der Waals surface area contributed by atoms with Crippen molar-refractivity contribution in [1.29, 1.82) is 0 Å². The monoisotopic (exact) mass is 452 g/mol. The number of methoxy groups -OCH3 is 1. The first-order valence-electron chi connectivity index (χ1n) is 10.2. The Labute approximate surface area is 187 Å². The summed E-state index contributed by atoms with van der Waals surface area (Å²) < 4.78 is 39.0. The average Bonchev–Trinajstić information content (AvgIpc) is 2.83. The van der Waals surface area contributed by atoms with Gasteiger partial charge in [-0.25, -0.2) is 8.42 Å². The Bertz CT molecular complexity index is 1200. The number of hydrogen-bond acceptors (Lipinski definition) is 5. The number of carbonyl (C=O) groups excluding carboxylic acids is 1. The molecule has 1 aliphatic rings. The summed E-state index contributed by atoms with van der Waals surface area (Å²) in [6, 6.07) is 22.0. The van der Waals surface area contributed by atoms with Crippen LogP contribution in [-0.2, 0) is 14.8 Å². The van der Waals surface area contributed by atoms with Crippen LogP contribution in [0.3, 0.4) is 0 Å². The van der Waals surface area contributed by atoms with Gasteiger partial charge < -0.3 is 14.8 Å². The van der Waals surface area contributed by atoms with Gasteiger partial charge in [-0.1, -0.05) is 42.5 Å². The molecule has 2 unspecified atom stereocenters. The van der Waals surface area contributed by atoms with E-state index >= 15 is 0 Å². The highest BCUT2D eigenvalue weighted by molar-refractivity contribution is 7.92. The molecule has 3 aromatic rings. The summed E-state index contributed by atoms with van der Waals surface area (Å²) in [5.41, 5.74) is 1.30. The lowest BCUT2D eigenvalue weighted by molar-refractivity contribution is -0.128. The number of fused-ring (bicyclic) bond motifs is 1. The number of anilines is 1. The normalized spacial score (nSPS) is 16.4. The van der Waals surface area contributed by atoms with Crippen molar-refractivity contribution in [2.24, 2.45) is 0 Å². The van der Waals surface area contributed by atoms with E-state index in [1.54, 1.807) is 49.6 Å². The van der Waals surface area contributed by atoms with Gasteiger partial charge >= 0.3 is 0 Å². The van der Waals surface area contributed by atoms with Crippen molar-refractivity contribution >= 4 is 21.6 Å². The third kappa shape index (κ3) is 4.27. The van der Waals surface area contributed by atoms with Crippen molar-refractivity contribution < 1.29 is 22.7 Å². The number of nitrogens with zero attached hydrogens (tertiary/aromatic N) is 1. The van der Waals surface area contributed by atoms with E-state index in [0.717, 1.165) is 11.3 Å². The van der Waals surface area contributed by atoms with Crippen molar-refractivity contribution in [3.05, 3.63) is 84.4 Å². The molecule has 1 N–H and O–H groups in total. The van der Waals surface area contributed by atoms with Crippen LogP contribution in [0.5, 0.6) is 11.5 Å². The summed E-state index contributed by atoms with van der Waals surface area (Å²) in [5, 5.41) is 2.92. The molecule has 0 aromatic heterocycles. The molecule has 0 aliphatic carbocycles. The van der Waals surface area contributed by atoms with Gasteiger partial charge in [-0.05, 0) is 48.9 Å². The Morgan fingerprint density at radius 1 is 1.03 bits per heavy atom. The van der Waals surface area contributed by atoms with Crippen LogP contribution >= 0.6 is 0 Å². The zero-order chi connectivity index (χ0) is 22.7. The van der Waals surface area contributed by atoms with Gasteiger partial charge in [-0.3, -0.25) is 9.10 Å². The largest absolute Gasteiger partial charge is 0.497 e. The van der Waals surface area contributed by atoms with Gasteiger partial charge in [0.1, 0.15) is 11.5 Å². The second kappa shape index (κ2) is 8.92. The second-order valence-corrected chi connectivity index (χ2v) is 9.29. The standard InChI is InChI=1S/C24H24N2O5S/c1-17(18-12-14-19(30-2)15-13-18)25-24(27)23-16-26(21-10-6-7-11-22(21)31-23)32(28,29)20-8-4-3-5-9-20/h3-15,17,23H,16H2,1-2H3,(H,25,27). The minimum absolute atomic E-state index is 0.130. The van der Waals surface area contributed by atoms with Crippen molar-refractivity contribution in [1.82, 2.24) is 5.32 Å². The summed E-state index contributed by atoms with van der Waals surface area (Å²) in [5.74, 6) is 0.674. The highest BCUT2D eigenvalue weighted by atomic mass is 32.2. The van der Waals surface area contributed by atoms with E-state index in [4.69, 9.17) is 9.47 Å². The van der Waals surface area contributed by atoms with Gasteiger partial charge in [0.2, 0.25) is 0 Å². The Kier molecular flexibility index (Phi) is 6.05. The number of ether oxygens (including phenoxy) is 2. The van der Waals surface area contributed by atoms with E-state index in [1.165, 1.54) is 16.4 Å². The molecule has 7 nitrogen and oxygen atoms in total. The lowest BCUT2D eigenvalue weighted by Crippen LogP contribution is -2.51. The predicted molar refractivity (Wildman–Crippen MR) is 121 cm³/mol. The number of para-hydroxylation sites is 2. The molecule has 0 radical (unpaired) electrons. The number of rotatable bonds is 6. The maximum atomic E-state index is 13.3. The quantitative estimate of drug-likeness (QED) is 0.619. The van der Waals surface area contributed by atoms with Gasteiger partial charge in [0, 0.05) is 0 Å². The van der Waals surface area contributed by atoms with E-state index in [-0.39, 0.29) is 17.5 Å². The Hall–Kier alpha value is -3.52. The molecule has 1 aliphatic heterocycles. The van der Waals surface area contributed by atoms with E-state index < -0.39 is 22.0 Å². The first-order chi connectivity index (χ1) is 15.4. The fourth-order valence-corrected chi connectivity index (χ4v) is 5.07. The van der Waals surface area contributed by atoms with Crippen molar-refractivity contribution in [2.75, 3.05) is 18.0 Å². The minimum atomic E-state index is -3.87. The van der Waals surface area contributed by atoms with Gasteiger partial charge in [-0.15, -0.1) is 0 Å². The molecule has 3 aromatic carbocycles. The highest BCUT2D eigenvalue weighted by Crippen LogP contribution is 2.36. The summed E-state index contributed by atoms with van der Waals surface area (Å²) in [4.78, 5) is 13.2. The molecule has 32 heavy (non-hydrogen) atoms. The summed E-state index contributed by atoms with van der Waals surface area (Å²) in [6.07, 6.45) is -0.996.